The molecule has 1 amide bonds. The molecule has 0 saturated carbocycles. The number of anilines is 1. The fourth-order valence-electron chi connectivity index (χ4n) is 1.41. The second-order valence-electron chi connectivity index (χ2n) is 4.02. The number of hydrogen-bond acceptors (Lipinski definition) is 5. The van der Waals surface area contributed by atoms with Crippen LogP contribution in [0.25, 0.3) is 0 Å². The quantitative estimate of drug-likeness (QED) is 0.813. The summed E-state index contributed by atoms with van der Waals surface area (Å²) in [6.45, 7) is 1.77. The van der Waals surface area contributed by atoms with Gasteiger partial charge in [-0.15, -0.1) is 11.8 Å². The van der Waals surface area contributed by atoms with Crippen LogP contribution in [0.5, 0.6) is 0 Å². The SMILES string of the molecule is COC(=O)CCSC(C)C(=O)Nc1cccc(C#N)c1. The summed E-state index contributed by atoms with van der Waals surface area (Å²) in [6.07, 6.45) is 0.280. The highest BCUT2D eigenvalue weighted by Gasteiger charge is 2.14. The third-order valence-electron chi connectivity index (χ3n) is 2.53. The zero-order valence-electron chi connectivity index (χ0n) is 11.4. The fraction of sp³-hybridized carbons (Fsp3) is 0.357. The summed E-state index contributed by atoms with van der Waals surface area (Å²) in [4.78, 5) is 22.9. The first-order valence-electron chi connectivity index (χ1n) is 6.06. The number of amides is 1. The minimum atomic E-state index is -0.287. The van der Waals surface area contributed by atoms with Crippen LogP contribution in [0.3, 0.4) is 0 Å². The Balaban J connectivity index is 2.45. The van der Waals surface area contributed by atoms with Crippen LogP contribution in [0.15, 0.2) is 24.3 Å². The largest absolute Gasteiger partial charge is 0.469 e. The molecule has 0 aliphatic rings. The van der Waals surface area contributed by atoms with Crippen LogP contribution in [-0.4, -0.2) is 30.0 Å². The highest BCUT2D eigenvalue weighted by molar-refractivity contribution is 8.00. The molecule has 0 fully saturated rings. The smallest absolute Gasteiger partial charge is 0.306 e. The van der Waals surface area contributed by atoms with E-state index in [1.54, 1.807) is 31.2 Å². The number of nitrogens with one attached hydrogen (secondary N) is 1. The van der Waals surface area contributed by atoms with E-state index in [0.717, 1.165) is 0 Å². The zero-order chi connectivity index (χ0) is 15.0. The standard InChI is InChI=1S/C14H16N2O3S/c1-10(20-7-6-13(17)19-2)14(18)16-12-5-3-4-11(8-12)9-15/h3-5,8,10H,6-7H2,1-2H3,(H,16,18). The van der Waals surface area contributed by atoms with E-state index in [0.29, 0.717) is 17.0 Å². The van der Waals surface area contributed by atoms with Crippen molar-refractivity contribution in [3.63, 3.8) is 0 Å². The Morgan fingerprint density at radius 3 is 2.90 bits per heavy atom. The van der Waals surface area contributed by atoms with E-state index >= 15 is 0 Å². The number of hydrogen-bond donors (Lipinski definition) is 1. The molecule has 0 aliphatic heterocycles. The van der Waals surface area contributed by atoms with Crippen LogP contribution >= 0.6 is 11.8 Å². The maximum absolute atomic E-state index is 11.9. The Morgan fingerprint density at radius 1 is 1.50 bits per heavy atom. The van der Waals surface area contributed by atoms with Gasteiger partial charge in [0.15, 0.2) is 0 Å². The van der Waals surface area contributed by atoms with E-state index in [2.05, 4.69) is 10.1 Å². The van der Waals surface area contributed by atoms with Crippen LogP contribution in [0, 0.1) is 11.3 Å². The number of carbonyl (C=O) groups excluding carboxylic acids is 2. The molecule has 0 aromatic heterocycles. The molecule has 0 spiro atoms. The summed E-state index contributed by atoms with van der Waals surface area (Å²) in [5.41, 5.74) is 1.09. The predicted octanol–water partition coefficient (Wildman–Crippen LogP) is 2.18. The van der Waals surface area contributed by atoms with Crippen molar-refractivity contribution in [2.24, 2.45) is 0 Å². The van der Waals surface area contributed by atoms with Crippen molar-refractivity contribution >= 4 is 29.3 Å². The van der Waals surface area contributed by atoms with Gasteiger partial charge in [-0.3, -0.25) is 9.59 Å². The number of benzene rings is 1. The van der Waals surface area contributed by atoms with Crippen molar-refractivity contribution in [2.45, 2.75) is 18.6 Å². The summed E-state index contributed by atoms with van der Waals surface area (Å²) >= 11 is 1.38. The molecule has 5 nitrogen and oxygen atoms in total. The molecule has 1 atom stereocenters. The lowest BCUT2D eigenvalue weighted by Crippen LogP contribution is -2.23. The Morgan fingerprint density at radius 2 is 2.25 bits per heavy atom. The van der Waals surface area contributed by atoms with Gasteiger partial charge in [-0.25, -0.2) is 0 Å². The highest BCUT2D eigenvalue weighted by atomic mass is 32.2. The topological polar surface area (TPSA) is 79.2 Å². The molecule has 20 heavy (non-hydrogen) atoms. The van der Waals surface area contributed by atoms with Gasteiger partial charge in [-0.1, -0.05) is 6.07 Å². The van der Waals surface area contributed by atoms with Gasteiger partial charge in [0.1, 0.15) is 0 Å². The second-order valence-corrected chi connectivity index (χ2v) is 5.47. The summed E-state index contributed by atoms with van der Waals surface area (Å²) in [7, 11) is 1.34. The van der Waals surface area contributed by atoms with E-state index < -0.39 is 0 Å². The minimum absolute atomic E-state index is 0.157. The number of thioether (sulfide) groups is 1. The van der Waals surface area contributed by atoms with Crippen LogP contribution in [0.4, 0.5) is 5.69 Å². The predicted molar refractivity (Wildman–Crippen MR) is 78.3 cm³/mol. The Bertz CT molecular complexity index is 525. The summed E-state index contributed by atoms with van der Waals surface area (Å²) in [5.74, 6) is 0.0845. The van der Waals surface area contributed by atoms with Gasteiger partial charge in [0, 0.05) is 11.4 Å². The lowest BCUT2D eigenvalue weighted by molar-refractivity contribution is -0.140. The second kappa shape index (κ2) is 8.23. The van der Waals surface area contributed by atoms with Crippen LogP contribution in [-0.2, 0) is 14.3 Å². The number of nitrogens with zero attached hydrogens (tertiary/aromatic N) is 1. The average Bonchev–Trinajstić information content (AvgIpc) is 2.46. The summed E-state index contributed by atoms with van der Waals surface area (Å²) < 4.78 is 4.53. The molecule has 1 rings (SSSR count). The number of rotatable bonds is 6. The summed E-state index contributed by atoms with van der Waals surface area (Å²) in [6, 6.07) is 8.74. The first-order chi connectivity index (χ1) is 9.56. The molecule has 1 N–H and O–H groups in total. The molecular formula is C14H16N2O3S. The van der Waals surface area contributed by atoms with Gasteiger partial charge in [-0.05, 0) is 25.1 Å². The number of esters is 1. The van der Waals surface area contributed by atoms with Crippen LogP contribution < -0.4 is 5.32 Å². The van der Waals surface area contributed by atoms with Gasteiger partial charge in [-0.2, -0.15) is 5.26 Å². The maximum Gasteiger partial charge on any atom is 0.306 e. The third kappa shape index (κ3) is 5.33. The van der Waals surface area contributed by atoms with Gasteiger partial charge < -0.3 is 10.1 Å². The van der Waals surface area contributed by atoms with Gasteiger partial charge in [0.2, 0.25) is 5.91 Å². The molecule has 0 bridgehead atoms. The van der Waals surface area contributed by atoms with Crippen molar-refractivity contribution < 1.29 is 14.3 Å². The molecule has 6 heteroatoms. The van der Waals surface area contributed by atoms with Crippen molar-refractivity contribution in [1.29, 1.82) is 5.26 Å². The fourth-order valence-corrected chi connectivity index (χ4v) is 2.26. The van der Waals surface area contributed by atoms with E-state index in [1.165, 1.54) is 18.9 Å². The Kier molecular flexibility index (Phi) is 6.60. The van der Waals surface area contributed by atoms with Crippen molar-refractivity contribution in [3.8, 4) is 6.07 Å². The molecule has 106 valence electrons. The van der Waals surface area contributed by atoms with Crippen molar-refractivity contribution in [3.05, 3.63) is 29.8 Å². The first kappa shape index (κ1) is 16.1. The maximum atomic E-state index is 11.9. The molecule has 1 aromatic rings. The first-order valence-corrected chi connectivity index (χ1v) is 7.11. The highest BCUT2D eigenvalue weighted by Crippen LogP contribution is 2.16. The van der Waals surface area contributed by atoms with Crippen LogP contribution in [0.1, 0.15) is 18.9 Å². The number of methoxy groups -OCH3 is 1. The summed E-state index contributed by atoms with van der Waals surface area (Å²) in [5, 5.41) is 11.2. The molecule has 1 aromatic carbocycles. The average molecular weight is 292 g/mol. The van der Waals surface area contributed by atoms with Gasteiger partial charge in [0.25, 0.3) is 0 Å². The monoisotopic (exact) mass is 292 g/mol. The number of ether oxygens (including phenoxy) is 1. The van der Waals surface area contributed by atoms with E-state index in [9.17, 15) is 9.59 Å². The Labute approximate surface area is 122 Å². The lowest BCUT2D eigenvalue weighted by Gasteiger charge is -2.11. The molecule has 1 unspecified atom stereocenters. The number of carbonyl (C=O) groups is 2. The van der Waals surface area contributed by atoms with Crippen molar-refractivity contribution in [1.82, 2.24) is 0 Å². The zero-order valence-corrected chi connectivity index (χ0v) is 12.2. The number of nitriles is 1. The Hall–Kier alpha value is -2.00. The van der Waals surface area contributed by atoms with Crippen LogP contribution in [0.2, 0.25) is 0 Å². The molecule has 0 heterocycles. The van der Waals surface area contributed by atoms with E-state index in [1.807, 2.05) is 6.07 Å². The minimum Gasteiger partial charge on any atom is -0.469 e. The van der Waals surface area contributed by atoms with Crippen molar-refractivity contribution in [2.75, 3.05) is 18.2 Å². The van der Waals surface area contributed by atoms with Gasteiger partial charge >= 0.3 is 5.97 Å². The van der Waals surface area contributed by atoms with Gasteiger partial charge in [0.05, 0.1) is 30.4 Å². The van der Waals surface area contributed by atoms with E-state index in [-0.39, 0.29) is 23.5 Å². The molecule has 0 saturated heterocycles. The molecular weight excluding hydrogens is 276 g/mol. The van der Waals surface area contributed by atoms with E-state index in [4.69, 9.17) is 5.26 Å². The normalized spacial score (nSPS) is 11.2. The molecule has 0 radical (unpaired) electrons. The molecule has 0 aliphatic carbocycles. The lowest BCUT2D eigenvalue weighted by atomic mass is 10.2. The third-order valence-corrected chi connectivity index (χ3v) is 3.68.